The molecule has 0 fully saturated rings. The standard InChI is InChI=1S/C24H26N2O/c1-18(2)19-14-16-21(17-15-19)25-24(27)23(20-10-6-4-7-11-20)26(3)22-12-8-5-9-13-22/h4-18,23H,1-3H3,(H,25,27)/t23-/m1/s1. The molecule has 0 aliphatic heterocycles. The Morgan fingerprint density at radius 1 is 0.778 bits per heavy atom. The van der Waals surface area contributed by atoms with Crippen LogP contribution in [0.4, 0.5) is 11.4 Å². The fourth-order valence-electron chi connectivity index (χ4n) is 3.16. The lowest BCUT2D eigenvalue weighted by atomic mass is 10.0. The van der Waals surface area contributed by atoms with Gasteiger partial charge in [0.05, 0.1) is 0 Å². The van der Waals surface area contributed by atoms with Crippen LogP contribution < -0.4 is 10.2 Å². The Bertz CT molecular complexity index is 858. The maximum atomic E-state index is 13.2. The second-order valence-corrected chi connectivity index (χ2v) is 7.03. The third-order valence-electron chi connectivity index (χ3n) is 4.76. The predicted molar refractivity (Wildman–Crippen MR) is 113 cm³/mol. The molecule has 3 aromatic rings. The van der Waals surface area contributed by atoms with E-state index in [1.807, 2.05) is 84.7 Å². The van der Waals surface area contributed by atoms with Crippen molar-refractivity contribution in [3.63, 3.8) is 0 Å². The van der Waals surface area contributed by atoms with E-state index in [1.54, 1.807) is 0 Å². The SMILES string of the molecule is CC(C)c1ccc(NC(=O)[C@@H](c2ccccc2)N(C)c2ccccc2)cc1. The van der Waals surface area contributed by atoms with Crippen molar-refractivity contribution >= 4 is 17.3 Å². The Labute approximate surface area is 161 Å². The molecule has 3 aromatic carbocycles. The van der Waals surface area contributed by atoms with Gasteiger partial charge in [-0.05, 0) is 41.3 Å². The van der Waals surface area contributed by atoms with E-state index in [2.05, 4.69) is 31.3 Å². The summed E-state index contributed by atoms with van der Waals surface area (Å²) in [6, 6.07) is 27.5. The Balaban J connectivity index is 1.87. The quantitative estimate of drug-likeness (QED) is 0.620. The second-order valence-electron chi connectivity index (χ2n) is 7.03. The van der Waals surface area contributed by atoms with Gasteiger partial charge in [0, 0.05) is 18.4 Å². The molecule has 0 unspecified atom stereocenters. The molecule has 1 atom stereocenters. The first-order valence-corrected chi connectivity index (χ1v) is 9.30. The minimum Gasteiger partial charge on any atom is -0.359 e. The molecule has 0 aliphatic carbocycles. The van der Waals surface area contributed by atoms with Gasteiger partial charge in [0.15, 0.2) is 0 Å². The Morgan fingerprint density at radius 3 is 1.89 bits per heavy atom. The van der Waals surface area contributed by atoms with E-state index in [4.69, 9.17) is 0 Å². The number of rotatable bonds is 6. The zero-order chi connectivity index (χ0) is 19.2. The van der Waals surface area contributed by atoms with Crippen molar-refractivity contribution in [3.05, 3.63) is 96.1 Å². The van der Waals surface area contributed by atoms with E-state index >= 15 is 0 Å². The van der Waals surface area contributed by atoms with Crippen molar-refractivity contribution in [1.29, 1.82) is 0 Å². The molecule has 1 amide bonds. The summed E-state index contributed by atoms with van der Waals surface area (Å²) in [6.07, 6.45) is 0. The zero-order valence-electron chi connectivity index (χ0n) is 16.1. The first kappa shape index (κ1) is 18.7. The van der Waals surface area contributed by atoms with E-state index in [-0.39, 0.29) is 5.91 Å². The minimum absolute atomic E-state index is 0.0511. The molecule has 3 rings (SSSR count). The summed E-state index contributed by atoms with van der Waals surface area (Å²) in [5.41, 5.74) is 4.03. The van der Waals surface area contributed by atoms with Gasteiger partial charge in [-0.15, -0.1) is 0 Å². The van der Waals surface area contributed by atoms with E-state index in [0.29, 0.717) is 5.92 Å². The van der Waals surface area contributed by atoms with Gasteiger partial charge in [0.25, 0.3) is 5.91 Å². The zero-order valence-corrected chi connectivity index (χ0v) is 16.1. The smallest absolute Gasteiger partial charge is 0.251 e. The largest absolute Gasteiger partial charge is 0.359 e. The second kappa shape index (κ2) is 8.54. The van der Waals surface area contributed by atoms with Gasteiger partial charge in [0.2, 0.25) is 0 Å². The van der Waals surface area contributed by atoms with Crippen LogP contribution in [0.25, 0.3) is 0 Å². The molecule has 0 heterocycles. The fourth-order valence-corrected chi connectivity index (χ4v) is 3.16. The van der Waals surface area contributed by atoms with Crippen molar-refractivity contribution in [3.8, 4) is 0 Å². The van der Waals surface area contributed by atoms with Gasteiger partial charge in [-0.3, -0.25) is 4.79 Å². The topological polar surface area (TPSA) is 32.3 Å². The Kier molecular flexibility index (Phi) is 5.92. The molecule has 0 saturated carbocycles. The maximum absolute atomic E-state index is 13.2. The third-order valence-corrected chi connectivity index (χ3v) is 4.76. The lowest BCUT2D eigenvalue weighted by Crippen LogP contribution is -2.34. The normalized spacial score (nSPS) is 11.9. The van der Waals surface area contributed by atoms with Gasteiger partial charge in [-0.25, -0.2) is 0 Å². The van der Waals surface area contributed by atoms with E-state index < -0.39 is 6.04 Å². The highest BCUT2D eigenvalue weighted by molar-refractivity contribution is 5.97. The predicted octanol–water partition coefficient (Wildman–Crippen LogP) is 5.63. The molecule has 0 saturated heterocycles. The molecule has 0 aromatic heterocycles. The number of anilines is 2. The van der Waals surface area contributed by atoms with E-state index in [0.717, 1.165) is 16.9 Å². The van der Waals surface area contributed by atoms with Crippen LogP contribution in [0.2, 0.25) is 0 Å². The number of hydrogen-bond acceptors (Lipinski definition) is 2. The number of amides is 1. The van der Waals surface area contributed by atoms with Gasteiger partial charge in [0.1, 0.15) is 6.04 Å². The van der Waals surface area contributed by atoms with Crippen molar-refractivity contribution in [1.82, 2.24) is 0 Å². The van der Waals surface area contributed by atoms with Crippen molar-refractivity contribution < 1.29 is 4.79 Å². The summed E-state index contributed by atoms with van der Waals surface area (Å²) in [4.78, 5) is 15.2. The van der Waals surface area contributed by atoms with Gasteiger partial charge < -0.3 is 10.2 Å². The number of nitrogens with one attached hydrogen (secondary N) is 1. The minimum atomic E-state index is -0.418. The monoisotopic (exact) mass is 358 g/mol. The first-order chi connectivity index (χ1) is 13.1. The molecule has 3 heteroatoms. The molecule has 0 radical (unpaired) electrons. The maximum Gasteiger partial charge on any atom is 0.251 e. The van der Waals surface area contributed by atoms with Crippen molar-refractivity contribution in [2.75, 3.05) is 17.3 Å². The van der Waals surface area contributed by atoms with Crippen LogP contribution >= 0.6 is 0 Å². The summed E-state index contributed by atoms with van der Waals surface area (Å²) in [5, 5.41) is 3.08. The number of carbonyl (C=O) groups is 1. The first-order valence-electron chi connectivity index (χ1n) is 9.30. The van der Waals surface area contributed by atoms with Crippen LogP contribution in [-0.2, 0) is 4.79 Å². The third kappa shape index (κ3) is 4.56. The lowest BCUT2D eigenvalue weighted by molar-refractivity contribution is -0.117. The molecule has 27 heavy (non-hydrogen) atoms. The highest BCUT2D eigenvalue weighted by atomic mass is 16.2. The molecule has 0 bridgehead atoms. The van der Waals surface area contributed by atoms with Crippen LogP contribution in [0.5, 0.6) is 0 Å². The summed E-state index contributed by atoms with van der Waals surface area (Å²) in [5.74, 6) is 0.417. The van der Waals surface area contributed by atoms with Gasteiger partial charge in [-0.1, -0.05) is 74.5 Å². The van der Waals surface area contributed by atoms with Crippen molar-refractivity contribution in [2.24, 2.45) is 0 Å². The molecule has 0 aliphatic rings. The van der Waals surface area contributed by atoms with Crippen molar-refractivity contribution in [2.45, 2.75) is 25.8 Å². The molecule has 1 N–H and O–H groups in total. The van der Waals surface area contributed by atoms with Crippen LogP contribution in [0, 0.1) is 0 Å². The van der Waals surface area contributed by atoms with Crippen LogP contribution in [0.15, 0.2) is 84.9 Å². The fraction of sp³-hybridized carbons (Fsp3) is 0.208. The average molecular weight is 358 g/mol. The van der Waals surface area contributed by atoms with Gasteiger partial charge >= 0.3 is 0 Å². The number of para-hydroxylation sites is 1. The Hall–Kier alpha value is -3.07. The Morgan fingerprint density at radius 2 is 1.33 bits per heavy atom. The van der Waals surface area contributed by atoms with Crippen LogP contribution in [0.1, 0.15) is 36.9 Å². The molecule has 3 nitrogen and oxygen atoms in total. The summed E-state index contributed by atoms with van der Waals surface area (Å²) < 4.78 is 0. The average Bonchev–Trinajstić information content (AvgIpc) is 2.70. The van der Waals surface area contributed by atoms with Gasteiger partial charge in [-0.2, -0.15) is 0 Å². The molecule has 138 valence electrons. The molecular weight excluding hydrogens is 332 g/mol. The molecular formula is C24H26N2O. The van der Waals surface area contributed by atoms with Crippen LogP contribution in [-0.4, -0.2) is 13.0 Å². The van der Waals surface area contributed by atoms with E-state index in [1.165, 1.54) is 5.56 Å². The summed E-state index contributed by atoms with van der Waals surface area (Å²) in [7, 11) is 1.95. The lowest BCUT2D eigenvalue weighted by Gasteiger charge is -2.29. The number of benzene rings is 3. The highest BCUT2D eigenvalue weighted by Gasteiger charge is 2.25. The summed E-state index contributed by atoms with van der Waals surface area (Å²) in [6.45, 7) is 4.32. The number of hydrogen-bond donors (Lipinski definition) is 1. The number of likely N-dealkylation sites (N-methyl/N-ethyl adjacent to an activating group) is 1. The molecule has 0 spiro atoms. The number of nitrogens with zero attached hydrogens (tertiary/aromatic N) is 1. The summed E-state index contributed by atoms with van der Waals surface area (Å²) >= 11 is 0. The highest BCUT2D eigenvalue weighted by Crippen LogP contribution is 2.27. The van der Waals surface area contributed by atoms with E-state index in [9.17, 15) is 4.79 Å². The number of carbonyl (C=O) groups excluding carboxylic acids is 1. The van der Waals surface area contributed by atoms with Crippen LogP contribution in [0.3, 0.4) is 0 Å².